The van der Waals surface area contributed by atoms with Crippen LogP contribution in [0.15, 0.2) is 28.7 Å². The van der Waals surface area contributed by atoms with Crippen LogP contribution in [0.1, 0.15) is 29.5 Å². The summed E-state index contributed by atoms with van der Waals surface area (Å²) in [5.74, 6) is -0.0640. The Balaban J connectivity index is 2.07. The van der Waals surface area contributed by atoms with Gasteiger partial charge in [-0.05, 0) is 19.9 Å². The lowest BCUT2D eigenvalue weighted by molar-refractivity contribution is -0.870. The Morgan fingerprint density at radius 3 is 2.57 bits per heavy atom. The van der Waals surface area contributed by atoms with E-state index in [-0.39, 0.29) is 12.1 Å². The van der Waals surface area contributed by atoms with E-state index in [4.69, 9.17) is 9.15 Å². The standard InChI is InChI=1S/C17H24NO3/c1-12(10-11-18(3,4)5)20-17(19)16-13(2)14-8-6-7-9-15(14)21-16/h6-9,12H,10-11H2,1-5H3/q+1/t12-/m0/s1. The second-order valence-corrected chi connectivity index (χ2v) is 6.57. The predicted octanol–water partition coefficient (Wildman–Crippen LogP) is 3.38. The summed E-state index contributed by atoms with van der Waals surface area (Å²) in [5, 5.41) is 0.962. The number of carbonyl (C=O) groups is 1. The van der Waals surface area contributed by atoms with Gasteiger partial charge in [-0.1, -0.05) is 18.2 Å². The van der Waals surface area contributed by atoms with Gasteiger partial charge in [-0.25, -0.2) is 4.79 Å². The molecule has 0 N–H and O–H groups in total. The number of nitrogens with zero attached hydrogens (tertiary/aromatic N) is 1. The van der Waals surface area contributed by atoms with E-state index in [9.17, 15) is 4.79 Å². The van der Waals surface area contributed by atoms with Gasteiger partial charge in [0.1, 0.15) is 11.7 Å². The molecule has 4 nitrogen and oxygen atoms in total. The third-order valence-electron chi connectivity index (χ3n) is 3.54. The highest BCUT2D eigenvalue weighted by molar-refractivity contribution is 5.95. The highest BCUT2D eigenvalue weighted by Gasteiger charge is 2.21. The molecule has 1 aromatic heterocycles. The van der Waals surface area contributed by atoms with E-state index in [0.29, 0.717) is 5.76 Å². The Kier molecular flexibility index (Phi) is 4.37. The Morgan fingerprint density at radius 2 is 1.95 bits per heavy atom. The van der Waals surface area contributed by atoms with E-state index in [1.54, 1.807) is 0 Å². The molecule has 0 saturated carbocycles. The number of rotatable bonds is 5. The molecule has 0 fully saturated rings. The summed E-state index contributed by atoms with van der Waals surface area (Å²) in [7, 11) is 6.37. The van der Waals surface area contributed by atoms with Crippen LogP contribution in [0.4, 0.5) is 0 Å². The number of carbonyl (C=O) groups excluding carboxylic acids is 1. The van der Waals surface area contributed by atoms with E-state index < -0.39 is 0 Å². The molecule has 2 aromatic rings. The molecule has 0 spiro atoms. The molecule has 1 heterocycles. The van der Waals surface area contributed by atoms with Crippen molar-refractivity contribution in [1.82, 2.24) is 0 Å². The lowest BCUT2D eigenvalue weighted by Crippen LogP contribution is -2.37. The first kappa shape index (κ1) is 15.6. The van der Waals surface area contributed by atoms with Crippen LogP contribution >= 0.6 is 0 Å². The van der Waals surface area contributed by atoms with Crippen molar-refractivity contribution in [3.05, 3.63) is 35.6 Å². The maximum atomic E-state index is 12.2. The Hall–Kier alpha value is -1.81. The molecule has 1 aromatic carbocycles. The number of para-hydroxylation sites is 1. The maximum absolute atomic E-state index is 12.2. The molecular weight excluding hydrogens is 266 g/mol. The number of esters is 1. The summed E-state index contributed by atoms with van der Waals surface area (Å²) in [6, 6.07) is 7.64. The number of furan rings is 1. The smallest absolute Gasteiger partial charge is 0.374 e. The van der Waals surface area contributed by atoms with Gasteiger partial charge in [-0.2, -0.15) is 0 Å². The first-order valence-corrected chi connectivity index (χ1v) is 7.27. The number of aryl methyl sites for hydroxylation is 1. The molecule has 0 amide bonds. The molecule has 4 heteroatoms. The molecular formula is C17H24NO3+. The first-order valence-electron chi connectivity index (χ1n) is 7.27. The van der Waals surface area contributed by atoms with E-state index in [1.165, 1.54) is 0 Å². The molecule has 0 radical (unpaired) electrons. The normalized spacial score (nSPS) is 13.4. The summed E-state index contributed by atoms with van der Waals surface area (Å²) in [6.45, 7) is 4.76. The summed E-state index contributed by atoms with van der Waals surface area (Å²) in [5.41, 5.74) is 1.57. The summed E-state index contributed by atoms with van der Waals surface area (Å²) >= 11 is 0. The van der Waals surface area contributed by atoms with Gasteiger partial charge in [-0.15, -0.1) is 0 Å². The van der Waals surface area contributed by atoms with Crippen molar-refractivity contribution < 1.29 is 18.4 Å². The zero-order valence-corrected chi connectivity index (χ0v) is 13.5. The molecule has 114 valence electrons. The lowest BCUT2D eigenvalue weighted by atomic mass is 10.1. The van der Waals surface area contributed by atoms with Gasteiger partial charge in [-0.3, -0.25) is 0 Å². The maximum Gasteiger partial charge on any atom is 0.374 e. The largest absolute Gasteiger partial charge is 0.457 e. The van der Waals surface area contributed by atoms with Crippen LogP contribution in [0.3, 0.4) is 0 Å². The lowest BCUT2D eigenvalue weighted by Gasteiger charge is -2.25. The highest BCUT2D eigenvalue weighted by atomic mass is 16.6. The first-order chi connectivity index (χ1) is 9.78. The average Bonchev–Trinajstić information content (AvgIpc) is 2.74. The minimum absolute atomic E-state index is 0.123. The van der Waals surface area contributed by atoms with Gasteiger partial charge in [0, 0.05) is 17.4 Å². The highest BCUT2D eigenvalue weighted by Crippen LogP contribution is 2.25. The molecule has 0 aliphatic carbocycles. The van der Waals surface area contributed by atoms with Crippen LogP contribution in [-0.4, -0.2) is 44.2 Å². The molecule has 0 unspecified atom stereocenters. The zero-order valence-electron chi connectivity index (χ0n) is 13.5. The van der Waals surface area contributed by atoms with E-state index >= 15 is 0 Å². The van der Waals surface area contributed by atoms with Crippen LogP contribution in [0.25, 0.3) is 11.0 Å². The van der Waals surface area contributed by atoms with Gasteiger partial charge in [0.25, 0.3) is 0 Å². The van der Waals surface area contributed by atoms with Crippen LogP contribution in [0.5, 0.6) is 0 Å². The van der Waals surface area contributed by atoms with Gasteiger partial charge in [0.15, 0.2) is 0 Å². The van der Waals surface area contributed by atoms with E-state index in [2.05, 4.69) is 21.1 Å². The molecule has 0 aliphatic rings. The van der Waals surface area contributed by atoms with Crippen molar-refractivity contribution in [2.45, 2.75) is 26.4 Å². The molecule has 2 rings (SSSR count). The van der Waals surface area contributed by atoms with Crippen molar-refractivity contribution in [3.63, 3.8) is 0 Å². The van der Waals surface area contributed by atoms with Crippen LogP contribution in [0.2, 0.25) is 0 Å². The van der Waals surface area contributed by atoms with Crippen LogP contribution in [-0.2, 0) is 4.74 Å². The van der Waals surface area contributed by atoms with Crippen molar-refractivity contribution in [3.8, 4) is 0 Å². The Labute approximate surface area is 125 Å². The van der Waals surface area contributed by atoms with Gasteiger partial charge in [0.2, 0.25) is 5.76 Å². The van der Waals surface area contributed by atoms with E-state index in [1.807, 2.05) is 38.1 Å². The minimum Gasteiger partial charge on any atom is -0.457 e. The number of benzene rings is 1. The topological polar surface area (TPSA) is 39.4 Å². The van der Waals surface area contributed by atoms with Gasteiger partial charge < -0.3 is 13.6 Å². The molecule has 21 heavy (non-hydrogen) atoms. The van der Waals surface area contributed by atoms with Gasteiger partial charge in [0.05, 0.1) is 27.7 Å². The van der Waals surface area contributed by atoms with Crippen molar-refractivity contribution in [2.24, 2.45) is 0 Å². The minimum atomic E-state index is -0.377. The van der Waals surface area contributed by atoms with E-state index in [0.717, 1.165) is 34.0 Å². The Bertz CT molecular complexity index is 637. The zero-order chi connectivity index (χ0) is 15.6. The molecule has 0 bridgehead atoms. The van der Waals surface area contributed by atoms with Gasteiger partial charge >= 0.3 is 5.97 Å². The fourth-order valence-electron chi connectivity index (χ4n) is 2.23. The van der Waals surface area contributed by atoms with Crippen molar-refractivity contribution in [2.75, 3.05) is 27.7 Å². The fourth-order valence-corrected chi connectivity index (χ4v) is 2.23. The number of hydrogen-bond donors (Lipinski definition) is 0. The summed E-state index contributed by atoms with van der Waals surface area (Å²) in [4.78, 5) is 12.2. The molecule has 1 atom stereocenters. The number of ether oxygens (including phenoxy) is 1. The SMILES string of the molecule is Cc1c(C(=O)O[C@@H](C)CC[N+](C)(C)C)oc2ccccc12. The third-order valence-corrected chi connectivity index (χ3v) is 3.54. The van der Waals surface area contributed by atoms with Crippen molar-refractivity contribution >= 4 is 16.9 Å². The second-order valence-electron chi connectivity index (χ2n) is 6.57. The predicted molar refractivity (Wildman–Crippen MR) is 83.3 cm³/mol. The van der Waals surface area contributed by atoms with Crippen LogP contribution in [0, 0.1) is 6.92 Å². The van der Waals surface area contributed by atoms with Crippen molar-refractivity contribution in [1.29, 1.82) is 0 Å². The second kappa shape index (κ2) is 5.90. The van der Waals surface area contributed by atoms with Crippen LogP contribution < -0.4 is 0 Å². The number of fused-ring (bicyclic) bond motifs is 1. The third kappa shape index (κ3) is 3.85. The summed E-state index contributed by atoms with van der Waals surface area (Å²) < 4.78 is 12.0. The number of quaternary nitrogens is 1. The molecule has 0 aliphatic heterocycles. The monoisotopic (exact) mass is 290 g/mol. The average molecular weight is 290 g/mol. The molecule has 0 saturated heterocycles. The Morgan fingerprint density at radius 1 is 1.29 bits per heavy atom. The quantitative estimate of drug-likeness (QED) is 0.626. The summed E-state index contributed by atoms with van der Waals surface area (Å²) in [6.07, 6.45) is 0.705. The number of hydrogen-bond acceptors (Lipinski definition) is 3. The fraction of sp³-hybridized carbons (Fsp3) is 0.471.